The van der Waals surface area contributed by atoms with Crippen molar-refractivity contribution in [3.8, 4) is 0 Å². The normalized spacial score (nSPS) is 15.1. The molecule has 4 heteroatoms. The fraction of sp³-hybridized carbons (Fsp3) is 0.250. The van der Waals surface area contributed by atoms with Crippen LogP contribution in [0.2, 0.25) is 0 Å². The minimum Gasteiger partial charge on any atom is -0.376 e. The first kappa shape index (κ1) is 10.1. The predicted octanol–water partition coefficient (Wildman–Crippen LogP) is 2.36. The molecule has 0 bridgehead atoms. The Morgan fingerprint density at radius 1 is 1.38 bits per heavy atom. The van der Waals surface area contributed by atoms with Crippen molar-refractivity contribution in [1.82, 2.24) is 4.98 Å². The first-order valence-corrected chi connectivity index (χ1v) is 5.96. The molecule has 2 aromatic rings. The van der Waals surface area contributed by atoms with Crippen LogP contribution in [0.15, 0.2) is 27.5 Å². The number of halogens is 1. The van der Waals surface area contributed by atoms with Crippen LogP contribution in [0.25, 0.3) is 10.9 Å². The number of fused-ring (bicyclic) bond motifs is 2. The number of nitrogens with one attached hydrogen (secondary N) is 1. The highest BCUT2D eigenvalue weighted by molar-refractivity contribution is 9.10. The number of para-hydroxylation sites is 1. The van der Waals surface area contributed by atoms with E-state index in [1.165, 1.54) is 0 Å². The Hall–Kier alpha value is -1.13. The maximum Gasteiger partial charge on any atom is 0.195 e. The highest BCUT2D eigenvalue weighted by atomic mass is 79.9. The van der Waals surface area contributed by atoms with Crippen LogP contribution in [0.3, 0.4) is 0 Å². The maximum atomic E-state index is 12.2. The van der Waals surface area contributed by atoms with Crippen LogP contribution in [0.5, 0.6) is 0 Å². The Bertz CT molecular complexity index is 618. The minimum absolute atomic E-state index is 0.0877. The highest BCUT2D eigenvalue weighted by Crippen LogP contribution is 2.22. The quantitative estimate of drug-likeness (QED) is 0.805. The van der Waals surface area contributed by atoms with E-state index in [0.29, 0.717) is 13.2 Å². The molecule has 3 rings (SSSR count). The summed E-state index contributed by atoms with van der Waals surface area (Å²) in [5.41, 5.74) is 2.76. The molecule has 1 aliphatic heterocycles. The summed E-state index contributed by atoms with van der Waals surface area (Å²) in [4.78, 5) is 15.5. The van der Waals surface area contributed by atoms with Crippen LogP contribution in [0.4, 0.5) is 0 Å². The van der Waals surface area contributed by atoms with Gasteiger partial charge < -0.3 is 9.72 Å². The van der Waals surface area contributed by atoms with Gasteiger partial charge in [-0.1, -0.05) is 6.07 Å². The Kier molecular flexibility index (Phi) is 2.33. The van der Waals surface area contributed by atoms with Gasteiger partial charge >= 0.3 is 0 Å². The van der Waals surface area contributed by atoms with Gasteiger partial charge in [-0.15, -0.1) is 0 Å². The van der Waals surface area contributed by atoms with E-state index in [1.54, 1.807) is 0 Å². The molecule has 0 amide bonds. The van der Waals surface area contributed by atoms with Crippen LogP contribution < -0.4 is 5.43 Å². The molecule has 1 aromatic carbocycles. The number of pyridine rings is 1. The number of aromatic amines is 1. The van der Waals surface area contributed by atoms with Gasteiger partial charge in [0.15, 0.2) is 5.43 Å². The van der Waals surface area contributed by atoms with Crippen LogP contribution in [0, 0.1) is 0 Å². The lowest BCUT2D eigenvalue weighted by Crippen LogP contribution is -2.21. The summed E-state index contributed by atoms with van der Waals surface area (Å²) >= 11 is 3.46. The summed E-state index contributed by atoms with van der Waals surface area (Å²) < 4.78 is 6.25. The third-order valence-corrected chi connectivity index (χ3v) is 3.58. The van der Waals surface area contributed by atoms with Gasteiger partial charge in [0.1, 0.15) is 0 Å². The topological polar surface area (TPSA) is 42.1 Å². The van der Waals surface area contributed by atoms with Crippen LogP contribution in [-0.2, 0) is 17.8 Å². The van der Waals surface area contributed by atoms with Crippen molar-refractivity contribution in [2.24, 2.45) is 0 Å². The smallest absolute Gasteiger partial charge is 0.195 e. The largest absolute Gasteiger partial charge is 0.376 e. The molecule has 1 aromatic heterocycles. The Morgan fingerprint density at radius 3 is 3.12 bits per heavy atom. The molecule has 1 aliphatic rings. The van der Waals surface area contributed by atoms with Crippen LogP contribution in [0.1, 0.15) is 11.3 Å². The van der Waals surface area contributed by atoms with E-state index < -0.39 is 0 Å². The Morgan fingerprint density at radius 2 is 2.25 bits per heavy atom. The van der Waals surface area contributed by atoms with Gasteiger partial charge in [0, 0.05) is 27.5 Å². The van der Waals surface area contributed by atoms with E-state index in [4.69, 9.17) is 4.74 Å². The van der Waals surface area contributed by atoms with Crippen molar-refractivity contribution < 1.29 is 4.74 Å². The van der Waals surface area contributed by atoms with Crippen molar-refractivity contribution >= 4 is 26.8 Å². The van der Waals surface area contributed by atoms with E-state index in [0.717, 1.165) is 33.1 Å². The van der Waals surface area contributed by atoms with Crippen LogP contribution in [-0.4, -0.2) is 11.6 Å². The maximum absolute atomic E-state index is 12.2. The summed E-state index contributed by atoms with van der Waals surface area (Å²) in [5, 5.41) is 0.721. The van der Waals surface area contributed by atoms with Gasteiger partial charge in [0.2, 0.25) is 0 Å². The molecule has 0 spiro atoms. The second-order valence-electron chi connectivity index (χ2n) is 3.88. The number of hydrogen-bond donors (Lipinski definition) is 1. The zero-order chi connectivity index (χ0) is 11.1. The van der Waals surface area contributed by atoms with Gasteiger partial charge in [-0.25, -0.2) is 0 Å². The first-order valence-electron chi connectivity index (χ1n) is 5.17. The third-order valence-electron chi connectivity index (χ3n) is 2.92. The molecule has 0 atom stereocenters. The number of ether oxygens (including phenoxy) is 1. The van der Waals surface area contributed by atoms with Crippen molar-refractivity contribution in [3.63, 3.8) is 0 Å². The molecule has 0 aliphatic carbocycles. The molecule has 3 nitrogen and oxygen atoms in total. The second-order valence-corrected chi connectivity index (χ2v) is 4.73. The van der Waals surface area contributed by atoms with Crippen LogP contribution >= 0.6 is 15.9 Å². The Balaban J connectivity index is 2.44. The summed E-state index contributed by atoms with van der Waals surface area (Å²) in [6, 6.07) is 5.65. The van der Waals surface area contributed by atoms with E-state index >= 15 is 0 Å². The zero-order valence-electron chi connectivity index (χ0n) is 8.55. The molecule has 0 fully saturated rings. The van der Waals surface area contributed by atoms with Gasteiger partial charge in [0.25, 0.3) is 0 Å². The lowest BCUT2D eigenvalue weighted by atomic mass is 10.1. The van der Waals surface area contributed by atoms with Gasteiger partial charge in [-0.3, -0.25) is 4.79 Å². The second kappa shape index (κ2) is 3.71. The lowest BCUT2D eigenvalue weighted by Gasteiger charge is -2.16. The molecular formula is C12H10BrNO2. The monoisotopic (exact) mass is 279 g/mol. The average Bonchev–Trinajstić information content (AvgIpc) is 2.31. The van der Waals surface area contributed by atoms with E-state index in [-0.39, 0.29) is 5.43 Å². The fourth-order valence-corrected chi connectivity index (χ4v) is 2.55. The van der Waals surface area contributed by atoms with Crippen molar-refractivity contribution in [1.29, 1.82) is 0 Å². The van der Waals surface area contributed by atoms with E-state index in [9.17, 15) is 4.79 Å². The van der Waals surface area contributed by atoms with E-state index in [1.807, 2.05) is 18.2 Å². The Labute approximate surface area is 101 Å². The zero-order valence-corrected chi connectivity index (χ0v) is 10.1. The fourth-order valence-electron chi connectivity index (χ4n) is 2.08. The predicted molar refractivity (Wildman–Crippen MR) is 65.6 cm³/mol. The molecule has 0 radical (unpaired) electrons. The highest BCUT2D eigenvalue weighted by Gasteiger charge is 2.16. The van der Waals surface area contributed by atoms with Gasteiger partial charge in [0.05, 0.1) is 18.7 Å². The number of rotatable bonds is 0. The standard InChI is InChI=1S/C12H10BrNO2/c13-9-3-1-2-7-11(9)14-10-4-5-16-6-8(10)12(7)15/h1-3H,4-6H2,(H,14,15). The third kappa shape index (κ3) is 1.41. The molecule has 82 valence electrons. The van der Waals surface area contributed by atoms with Crippen molar-refractivity contribution in [3.05, 3.63) is 44.2 Å². The number of benzene rings is 1. The lowest BCUT2D eigenvalue weighted by molar-refractivity contribution is 0.109. The SMILES string of the molecule is O=c1c2c([nH]c3c(Br)cccc13)CCOC2. The van der Waals surface area contributed by atoms with Crippen molar-refractivity contribution in [2.45, 2.75) is 13.0 Å². The van der Waals surface area contributed by atoms with Gasteiger partial charge in [-0.2, -0.15) is 0 Å². The molecule has 0 saturated carbocycles. The summed E-state index contributed by atoms with van der Waals surface area (Å²) in [7, 11) is 0. The molecule has 1 N–H and O–H groups in total. The van der Waals surface area contributed by atoms with Crippen molar-refractivity contribution in [2.75, 3.05) is 6.61 Å². The first-order chi connectivity index (χ1) is 7.77. The molecule has 16 heavy (non-hydrogen) atoms. The molecule has 2 heterocycles. The van der Waals surface area contributed by atoms with Gasteiger partial charge in [-0.05, 0) is 28.1 Å². The number of H-pyrrole nitrogens is 1. The number of hydrogen-bond acceptors (Lipinski definition) is 2. The molecular weight excluding hydrogens is 270 g/mol. The summed E-state index contributed by atoms with van der Waals surface area (Å²) in [6.45, 7) is 1.10. The summed E-state index contributed by atoms with van der Waals surface area (Å²) in [5.74, 6) is 0. The average molecular weight is 280 g/mol. The number of aromatic nitrogens is 1. The minimum atomic E-state index is 0.0877. The summed E-state index contributed by atoms with van der Waals surface area (Å²) in [6.07, 6.45) is 0.780. The van der Waals surface area contributed by atoms with E-state index in [2.05, 4.69) is 20.9 Å². The molecule has 0 saturated heterocycles. The molecule has 0 unspecified atom stereocenters.